The van der Waals surface area contributed by atoms with Gasteiger partial charge in [0.05, 0.1) is 36.4 Å². The minimum Gasteiger partial charge on any atom is -0.493 e. The van der Waals surface area contributed by atoms with E-state index in [1.165, 1.54) is 44.8 Å². The van der Waals surface area contributed by atoms with Crippen LogP contribution in [0.5, 0.6) is 11.5 Å². The van der Waals surface area contributed by atoms with Crippen LogP contribution in [0.3, 0.4) is 0 Å². The van der Waals surface area contributed by atoms with Crippen molar-refractivity contribution in [1.29, 1.82) is 0 Å². The topological polar surface area (TPSA) is 90.4 Å². The van der Waals surface area contributed by atoms with Crippen LogP contribution in [0.4, 0.5) is 19.3 Å². The van der Waals surface area contributed by atoms with Crippen LogP contribution < -0.4 is 14.4 Å². The van der Waals surface area contributed by atoms with Gasteiger partial charge in [-0.05, 0) is 84.9 Å². The molecule has 2 atom stereocenters. The zero-order chi connectivity index (χ0) is 35.4. The first-order valence-corrected chi connectivity index (χ1v) is 16.8. The van der Waals surface area contributed by atoms with Gasteiger partial charge < -0.3 is 18.9 Å². The zero-order valence-electron chi connectivity index (χ0n) is 27.4. The molecule has 2 bridgehead atoms. The van der Waals surface area contributed by atoms with E-state index in [0.29, 0.717) is 44.8 Å². The fourth-order valence-corrected chi connectivity index (χ4v) is 6.96. The Morgan fingerprint density at radius 3 is 2.20 bits per heavy atom. The maximum Gasteiger partial charge on any atom is 0.415 e. The first kappa shape index (κ1) is 35.4. The lowest BCUT2D eigenvalue weighted by atomic mass is 9.86. The van der Waals surface area contributed by atoms with Gasteiger partial charge in [0.2, 0.25) is 0 Å². The molecular formula is C37H35Cl2F2N3O6. The van der Waals surface area contributed by atoms with Crippen LogP contribution in [0.1, 0.15) is 46.0 Å². The van der Waals surface area contributed by atoms with Crippen LogP contribution in [-0.4, -0.2) is 61.9 Å². The molecule has 7 rings (SSSR count). The van der Waals surface area contributed by atoms with Gasteiger partial charge in [0.25, 0.3) is 0 Å². The molecule has 0 N–H and O–H groups in total. The van der Waals surface area contributed by atoms with Crippen LogP contribution in [0.2, 0.25) is 10.0 Å². The van der Waals surface area contributed by atoms with Gasteiger partial charge in [0.15, 0.2) is 11.5 Å². The summed E-state index contributed by atoms with van der Waals surface area (Å²) in [6, 6.07) is 14.8. The van der Waals surface area contributed by atoms with Gasteiger partial charge in [-0.25, -0.2) is 18.4 Å². The number of carbonyl (C=O) groups is 2. The molecule has 3 saturated heterocycles. The average molecular weight is 727 g/mol. The molecule has 4 aromatic rings. The van der Waals surface area contributed by atoms with Gasteiger partial charge in [-0.2, -0.15) is 0 Å². The number of anilines is 1. The normalized spacial score (nSPS) is 18.6. The van der Waals surface area contributed by atoms with Crippen LogP contribution in [0.15, 0.2) is 73.1 Å². The number of rotatable bonds is 11. The molecule has 1 amide bonds. The minimum absolute atomic E-state index is 0.129. The summed E-state index contributed by atoms with van der Waals surface area (Å²) in [6.07, 6.45) is 2.79. The summed E-state index contributed by atoms with van der Waals surface area (Å²) in [5.41, 5.74) is 1.33. The van der Waals surface area contributed by atoms with E-state index in [0.717, 1.165) is 43.0 Å². The Kier molecular flexibility index (Phi) is 11.1. The Balaban J connectivity index is 1.23. The van der Waals surface area contributed by atoms with Gasteiger partial charge in [-0.3, -0.25) is 14.8 Å². The molecule has 0 aliphatic carbocycles. The third-order valence-electron chi connectivity index (χ3n) is 9.18. The molecule has 50 heavy (non-hydrogen) atoms. The van der Waals surface area contributed by atoms with Gasteiger partial charge in [-0.1, -0.05) is 47.5 Å². The fourth-order valence-electron chi connectivity index (χ4n) is 6.44. The number of esters is 1. The molecule has 3 aliphatic rings. The summed E-state index contributed by atoms with van der Waals surface area (Å²) in [6.45, 7) is 2.27. The Morgan fingerprint density at radius 1 is 0.940 bits per heavy atom. The molecule has 0 radical (unpaired) electrons. The van der Waals surface area contributed by atoms with E-state index in [9.17, 15) is 9.59 Å². The highest BCUT2D eigenvalue weighted by atomic mass is 35.5. The number of hydrogen-bond donors (Lipinski definition) is 0. The SMILES string of the molecule is COc1ccc([C@H](Cc2c(Cl)cncc2Cl)OC(=O)c2ccc(CN(C(=O)OC3CN4CCC3CC4)c3c(F)cccc3F)cc2)cc1OC. The molecule has 13 heteroatoms. The lowest BCUT2D eigenvalue weighted by Gasteiger charge is -2.44. The van der Waals surface area contributed by atoms with Crippen LogP contribution >= 0.6 is 23.2 Å². The van der Waals surface area contributed by atoms with Crippen molar-refractivity contribution in [2.75, 3.05) is 38.8 Å². The number of hydrogen-bond acceptors (Lipinski definition) is 8. The molecule has 0 spiro atoms. The molecule has 4 heterocycles. The number of amides is 1. The number of piperidine rings is 3. The molecule has 9 nitrogen and oxygen atoms in total. The average Bonchev–Trinajstić information content (AvgIpc) is 3.12. The molecule has 1 unspecified atom stereocenters. The predicted octanol–water partition coefficient (Wildman–Crippen LogP) is 8.06. The Hall–Kier alpha value is -4.45. The number of aromatic nitrogens is 1. The van der Waals surface area contributed by atoms with Crippen molar-refractivity contribution in [3.8, 4) is 11.5 Å². The number of benzene rings is 3. The van der Waals surface area contributed by atoms with Gasteiger partial charge in [-0.15, -0.1) is 0 Å². The molecule has 3 aliphatic heterocycles. The molecule has 3 fully saturated rings. The standard InChI is InChI=1S/C37H35Cl2F2N3O6/c1-47-31-11-10-25(16-33(31)48-2)32(17-26-27(38)18-42-19-28(26)39)49-36(45)24-8-6-22(7-9-24)20-44(35-29(40)4-3-5-30(35)41)37(46)50-34-21-43-14-12-23(34)13-15-43/h3-11,16,18-19,23,32,34H,12-15,17,20-21H2,1-2H3/t32-,34?/m0/s1. The third kappa shape index (κ3) is 7.80. The maximum atomic E-state index is 15.0. The monoisotopic (exact) mass is 725 g/mol. The smallest absolute Gasteiger partial charge is 0.415 e. The van der Waals surface area contributed by atoms with Crippen molar-refractivity contribution in [3.63, 3.8) is 0 Å². The Labute approximate surface area is 298 Å². The summed E-state index contributed by atoms with van der Waals surface area (Å²) in [7, 11) is 3.02. The predicted molar refractivity (Wildman–Crippen MR) is 184 cm³/mol. The second-order valence-electron chi connectivity index (χ2n) is 12.2. The molecule has 1 aromatic heterocycles. The highest BCUT2D eigenvalue weighted by molar-refractivity contribution is 6.35. The lowest BCUT2D eigenvalue weighted by Crippen LogP contribution is -2.53. The summed E-state index contributed by atoms with van der Waals surface area (Å²) < 4.78 is 52.8. The molecular weight excluding hydrogens is 691 g/mol. The Bertz CT molecular complexity index is 1820. The number of pyridine rings is 1. The van der Waals surface area contributed by atoms with Crippen LogP contribution in [-0.2, 0) is 22.4 Å². The number of carbonyl (C=O) groups excluding carboxylic acids is 2. The second-order valence-corrected chi connectivity index (χ2v) is 13.0. The van der Waals surface area contributed by atoms with Crippen molar-refractivity contribution in [2.24, 2.45) is 5.92 Å². The summed E-state index contributed by atoms with van der Waals surface area (Å²) in [5.74, 6) is -1.32. The fraction of sp³-hybridized carbons (Fsp3) is 0.324. The van der Waals surface area contributed by atoms with Crippen molar-refractivity contribution in [1.82, 2.24) is 9.88 Å². The largest absolute Gasteiger partial charge is 0.493 e. The summed E-state index contributed by atoms with van der Waals surface area (Å²) >= 11 is 12.8. The van der Waals surface area contributed by atoms with E-state index in [4.69, 9.17) is 42.1 Å². The molecule has 0 saturated carbocycles. The first-order chi connectivity index (χ1) is 24.1. The number of nitrogens with zero attached hydrogens (tertiary/aromatic N) is 3. The van der Waals surface area contributed by atoms with Gasteiger partial charge in [0.1, 0.15) is 29.5 Å². The maximum absolute atomic E-state index is 15.0. The highest BCUT2D eigenvalue weighted by Gasteiger charge is 2.38. The summed E-state index contributed by atoms with van der Waals surface area (Å²) in [5, 5.41) is 0.623. The van der Waals surface area contributed by atoms with Gasteiger partial charge in [0, 0.05) is 25.4 Å². The third-order valence-corrected chi connectivity index (χ3v) is 9.83. The molecule has 3 aromatic carbocycles. The van der Waals surface area contributed by atoms with Crippen LogP contribution in [0, 0.1) is 17.6 Å². The van der Waals surface area contributed by atoms with E-state index in [1.807, 2.05) is 0 Å². The Morgan fingerprint density at radius 2 is 1.60 bits per heavy atom. The first-order valence-electron chi connectivity index (χ1n) is 16.1. The summed E-state index contributed by atoms with van der Waals surface area (Å²) in [4.78, 5) is 34.3. The highest BCUT2D eigenvalue weighted by Crippen LogP contribution is 2.36. The number of para-hydroxylation sites is 1. The minimum atomic E-state index is -0.897. The second kappa shape index (κ2) is 15.6. The lowest BCUT2D eigenvalue weighted by molar-refractivity contribution is -0.0312. The number of fused-ring (bicyclic) bond motifs is 3. The van der Waals surface area contributed by atoms with E-state index >= 15 is 8.78 Å². The van der Waals surface area contributed by atoms with Crippen LogP contribution in [0.25, 0.3) is 0 Å². The zero-order valence-corrected chi connectivity index (χ0v) is 28.9. The quantitative estimate of drug-likeness (QED) is 0.144. The van der Waals surface area contributed by atoms with E-state index in [1.54, 1.807) is 30.3 Å². The van der Waals surface area contributed by atoms with Crippen molar-refractivity contribution in [2.45, 2.75) is 38.0 Å². The van der Waals surface area contributed by atoms with E-state index in [2.05, 4.69) is 9.88 Å². The number of ether oxygens (including phenoxy) is 4. The van der Waals surface area contributed by atoms with Crippen molar-refractivity contribution < 1.29 is 37.3 Å². The number of halogens is 4. The van der Waals surface area contributed by atoms with Crippen molar-refractivity contribution >= 4 is 41.0 Å². The van der Waals surface area contributed by atoms with E-state index in [-0.39, 0.29) is 30.6 Å². The van der Waals surface area contributed by atoms with E-state index < -0.39 is 35.5 Å². The van der Waals surface area contributed by atoms with Gasteiger partial charge >= 0.3 is 12.1 Å². The number of methoxy groups -OCH3 is 2. The van der Waals surface area contributed by atoms with Crippen molar-refractivity contribution in [3.05, 3.63) is 117 Å². The molecule has 262 valence electrons.